The molecule has 88 valence electrons. The largest absolute Gasteiger partial charge is 0.323 e. The minimum absolute atomic E-state index is 0.0570. The zero-order valence-corrected chi connectivity index (χ0v) is 9.03. The lowest BCUT2D eigenvalue weighted by Crippen LogP contribution is -2.03. The van der Waals surface area contributed by atoms with E-state index in [1.54, 1.807) is 23.0 Å². The second-order valence-corrected chi connectivity index (χ2v) is 3.42. The highest BCUT2D eigenvalue weighted by Gasteiger charge is 2.09. The fraction of sp³-hybridized carbons (Fsp3) is 0.0833. The maximum atomic E-state index is 13.4. The summed E-state index contributed by atoms with van der Waals surface area (Å²) in [6, 6.07) is 3.95. The second kappa shape index (κ2) is 4.78. The van der Waals surface area contributed by atoms with Crippen molar-refractivity contribution < 1.29 is 8.78 Å². The summed E-state index contributed by atoms with van der Waals surface area (Å²) in [4.78, 5) is 4.02. The Hall–Kier alpha value is -2.17. The van der Waals surface area contributed by atoms with E-state index in [1.807, 2.05) is 0 Å². The summed E-state index contributed by atoms with van der Waals surface area (Å²) in [5.41, 5.74) is 0.0570. The molecule has 0 amide bonds. The molecule has 0 atom stereocenters. The number of hydrogen-bond acceptors (Lipinski definition) is 2. The molecule has 3 nitrogen and oxygen atoms in total. The number of allylic oxidation sites excluding steroid dienone is 1. The van der Waals surface area contributed by atoms with Gasteiger partial charge in [0.1, 0.15) is 0 Å². The zero-order valence-electron chi connectivity index (χ0n) is 9.03. The highest BCUT2D eigenvalue weighted by atomic mass is 19.2. The molecule has 0 aliphatic heterocycles. The Bertz CT molecular complexity index is 534. The Balaban J connectivity index is 2.28. The molecule has 1 aromatic heterocycles. The first-order valence-electron chi connectivity index (χ1n) is 5.05. The van der Waals surface area contributed by atoms with Crippen LogP contribution in [0.15, 0.2) is 43.2 Å². The van der Waals surface area contributed by atoms with Crippen LogP contribution in [0.2, 0.25) is 0 Å². The van der Waals surface area contributed by atoms with Crippen LogP contribution in [0.3, 0.4) is 0 Å². The van der Waals surface area contributed by atoms with Crippen LogP contribution < -0.4 is 5.32 Å². The van der Waals surface area contributed by atoms with Gasteiger partial charge in [-0.1, -0.05) is 12.1 Å². The van der Waals surface area contributed by atoms with Gasteiger partial charge in [-0.05, 0) is 12.1 Å². The molecular formula is C12H11F2N3. The van der Waals surface area contributed by atoms with Gasteiger partial charge in [-0.2, -0.15) is 0 Å². The maximum Gasteiger partial charge on any atom is 0.207 e. The molecule has 0 aliphatic rings. The van der Waals surface area contributed by atoms with Gasteiger partial charge < -0.3 is 9.88 Å². The minimum atomic E-state index is -0.916. The van der Waals surface area contributed by atoms with Gasteiger partial charge in [-0.3, -0.25) is 0 Å². The topological polar surface area (TPSA) is 29.9 Å². The SMILES string of the molecule is C=CCn1ccnc1Nc1cccc(F)c1F. The summed E-state index contributed by atoms with van der Waals surface area (Å²) < 4.78 is 28.1. The number of imidazole rings is 1. The van der Waals surface area contributed by atoms with E-state index in [2.05, 4.69) is 16.9 Å². The van der Waals surface area contributed by atoms with Crippen LogP contribution in [0.1, 0.15) is 0 Å². The van der Waals surface area contributed by atoms with Crippen molar-refractivity contribution in [2.45, 2.75) is 6.54 Å². The maximum absolute atomic E-state index is 13.4. The lowest BCUT2D eigenvalue weighted by molar-refractivity contribution is 0.511. The molecule has 5 heteroatoms. The third kappa shape index (κ3) is 2.33. The number of hydrogen-bond donors (Lipinski definition) is 1. The Labute approximate surface area is 97.4 Å². The van der Waals surface area contributed by atoms with Crippen molar-refractivity contribution in [1.29, 1.82) is 0 Å². The summed E-state index contributed by atoms with van der Waals surface area (Å²) in [5.74, 6) is -1.37. The fourth-order valence-electron chi connectivity index (χ4n) is 1.44. The van der Waals surface area contributed by atoms with E-state index in [4.69, 9.17) is 0 Å². The number of benzene rings is 1. The number of halogens is 2. The molecule has 1 aromatic carbocycles. The molecule has 0 unspecified atom stereocenters. The summed E-state index contributed by atoms with van der Waals surface area (Å²) in [7, 11) is 0. The Morgan fingerprint density at radius 1 is 1.41 bits per heavy atom. The third-order valence-electron chi connectivity index (χ3n) is 2.24. The first-order chi connectivity index (χ1) is 8.22. The molecule has 0 fully saturated rings. The number of rotatable bonds is 4. The first-order valence-corrected chi connectivity index (χ1v) is 5.05. The van der Waals surface area contributed by atoms with Crippen LogP contribution in [0.25, 0.3) is 0 Å². The van der Waals surface area contributed by atoms with Gasteiger partial charge in [-0.15, -0.1) is 6.58 Å². The molecular weight excluding hydrogens is 224 g/mol. The van der Waals surface area contributed by atoms with E-state index in [1.165, 1.54) is 12.1 Å². The van der Waals surface area contributed by atoms with Gasteiger partial charge >= 0.3 is 0 Å². The normalized spacial score (nSPS) is 10.2. The van der Waals surface area contributed by atoms with Crippen LogP contribution in [0.4, 0.5) is 20.4 Å². The van der Waals surface area contributed by atoms with Crippen molar-refractivity contribution in [1.82, 2.24) is 9.55 Å². The molecule has 0 aliphatic carbocycles. The molecule has 0 bridgehead atoms. The number of nitrogens with zero attached hydrogens (tertiary/aromatic N) is 2. The lowest BCUT2D eigenvalue weighted by Gasteiger charge is -2.08. The van der Waals surface area contributed by atoms with Crippen molar-refractivity contribution in [2.75, 3.05) is 5.32 Å². The quantitative estimate of drug-likeness (QED) is 0.825. The number of anilines is 2. The van der Waals surface area contributed by atoms with Crippen molar-refractivity contribution in [3.8, 4) is 0 Å². The Morgan fingerprint density at radius 2 is 2.24 bits per heavy atom. The van der Waals surface area contributed by atoms with E-state index in [0.717, 1.165) is 6.07 Å². The van der Waals surface area contributed by atoms with E-state index >= 15 is 0 Å². The predicted octanol–water partition coefficient (Wildman–Crippen LogP) is 3.09. The summed E-state index contributed by atoms with van der Waals surface area (Å²) in [5, 5.41) is 2.74. The van der Waals surface area contributed by atoms with Crippen LogP contribution in [0, 0.1) is 11.6 Å². The van der Waals surface area contributed by atoms with Crippen LogP contribution in [-0.2, 0) is 6.54 Å². The minimum Gasteiger partial charge on any atom is -0.323 e. The molecule has 2 rings (SSSR count). The molecule has 0 radical (unpaired) electrons. The average molecular weight is 235 g/mol. The van der Waals surface area contributed by atoms with E-state index in [9.17, 15) is 8.78 Å². The molecule has 1 N–H and O–H groups in total. The Kier molecular flexibility index (Phi) is 3.18. The van der Waals surface area contributed by atoms with Crippen LogP contribution in [-0.4, -0.2) is 9.55 Å². The van der Waals surface area contributed by atoms with Crippen molar-refractivity contribution in [3.63, 3.8) is 0 Å². The lowest BCUT2D eigenvalue weighted by atomic mass is 10.3. The Morgan fingerprint density at radius 3 is 3.00 bits per heavy atom. The van der Waals surface area contributed by atoms with Crippen molar-refractivity contribution in [3.05, 3.63) is 54.9 Å². The summed E-state index contributed by atoms with van der Waals surface area (Å²) >= 11 is 0. The molecule has 17 heavy (non-hydrogen) atoms. The van der Waals surface area contributed by atoms with Crippen molar-refractivity contribution >= 4 is 11.6 Å². The highest BCUT2D eigenvalue weighted by molar-refractivity contribution is 5.54. The highest BCUT2D eigenvalue weighted by Crippen LogP contribution is 2.20. The molecule has 1 heterocycles. The van der Waals surface area contributed by atoms with Gasteiger partial charge in [0.2, 0.25) is 5.95 Å². The number of nitrogens with one attached hydrogen (secondary N) is 1. The monoisotopic (exact) mass is 235 g/mol. The van der Waals surface area contributed by atoms with Crippen LogP contribution >= 0.6 is 0 Å². The van der Waals surface area contributed by atoms with Gasteiger partial charge in [0, 0.05) is 18.9 Å². The average Bonchev–Trinajstić information content (AvgIpc) is 2.73. The summed E-state index contributed by atoms with van der Waals surface area (Å²) in [6.45, 7) is 4.15. The molecule has 0 saturated heterocycles. The van der Waals surface area contributed by atoms with E-state index in [0.29, 0.717) is 12.5 Å². The molecule has 0 saturated carbocycles. The van der Waals surface area contributed by atoms with Gasteiger partial charge in [0.25, 0.3) is 0 Å². The smallest absolute Gasteiger partial charge is 0.207 e. The molecule has 0 spiro atoms. The van der Waals surface area contributed by atoms with Crippen LogP contribution in [0.5, 0.6) is 0 Å². The summed E-state index contributed by atoms with van der Waals surface area (Å²) in [6.07, 6.45) is 4.99. The van der Waals surface area contributed by atoms with E-state index < -0.39 is 11.6 Å². The van der Waals surface area contributed by atoms with Crippen molar-refractivity contribution in [2.24, 2.45) is 0 Å². The first kappa shape index (κ1) is 11.3. The van der Waals surface area contributed by atoms with Gasteiger partial charge in [-0.25, -0.2) is 13.8 Å². The second-order valence-electron chi connectivity index (χ2n) is 3.42. The predicted molar refractivity (Wildman–Crippen MR) is 62.1 cm³/mol. The van der Waals surface area contributed by atoms with Gasteiger partial charge in [0.15, 0.2) is 11.6 Å². The number of aromatic nitrogens is 2. The van der Waals surface area contributed by atoms with E-state index in [-0.39, 0.29) is 5.69 Å². The molecule has 2 aromatic rings. The third-order valence-corrected chi connectivity index (χ3v) is 2.24. The van der Waals surface area contributed by atoms with Gasteiger partial charge in [0.05, 0.1) is 5.69 Å². The zero-order chi connectivity index (χ0) is 12.3. The standard InChI is InChI=1S/C12H11F2N3/c1-2-7-17-8-6-15-12(17)16-10-5-3-4-9(13)11(10)14/h2-6,8H,1,7H2,(H,15,16). The fourth-order valence-corrected chi connectivity index (χ4v) is 1.44.